The number of hydrogen-bond donors (Lipinski definition) is 2. The lowest BCUT2D eigenvalue weighted by Gasteiger charge is -2.24. The highest BCUT2D eigenvalue weighted by atomic mass is 32.1. The van der Waals surface area contributed by atoms with Crippen molar-refractivity contribution in [3.63, 3.8) is 0 Å². The molecule has 0 bridgehead atoms. The molecule has 8 nitrogen and oxygen atoms in total. The number of thiophene rings is 1. The number of nitrogens with one attached hydrogen (secondary N) is 2. The SMILES string of the molecule is C=CC(=O)N1CCC[C@@H]1Cn1c(NC(=O)c2ccc(-c3ccnc(F)c3)s2)nc2cc(CNCC(C)(C)C)ccc21. The molecule has 2 N–H and O–H groups in total. The van der Waals surface area contributed by atoms with Crippen molar-refractivity contribution in [2.45, 2.75) is 52.7 Å². The molecule has 5 rings (SSSR count). The number of pyridine rings is 1. The average Bonchev–Trinajstić information content (AvgIpc) is 3.67. The Balaban J connectivity index is 1.43. The van der Waals surface area contributed by atoms with Crippen molar-refractivity contribution in [2.75, 3.05) is 18.4 Å². The van der Waals surface area contributed by atoms with E-state index in [4.69, 9.17) is 4.98 Å². The van der Waals surface area contributed by atoms with Crippen molar-refractivity contribution in [2.24, 2.45) is 5.41 Å². The molecule has 1 aliphatic rings. The summed E-state index contributed by atoms with van der Waals surface area (Å²) in [6, 6.07) is 12.7. The Bertz CT molecular complexity index is 1590. The van der Waals surface area contributed by atoms with Gasteiger partial charge in [-0.2, -0.15) is 4.39 Å². The first-order chi connectivity index (χ1) is 19.6. The van der Waals surface area contributed by atoms with Crippen molar-refractivity contribution >= 4 is 40.1 Å². The molecule has 0 saturated carbocycles. The number of benzene rings is 1. The molecule has 4 aromatic rings. The van der Waals surface area contributed by atoms with Crippen LogP contribution in [0.2, 0.25) is 0 Å². The molecule has 1 saturated heterocycles. The van der Waals surface area contributed by atoms with Gasteiger partial charge in [0.1, 0.15) is 0 Å². The van der Waals surface area contributed by atoms with Crippen LogP contribution in [0.1, 0.15) is 48.8 Å². The number of likely N-dealkylation sites (tertiary alicyclic amines) is 1. The monoisotopic (exact) mass is 574 g/mol. The molecule has 3 aromatic heterocycles. The Labute approximate surface area is 243 Å². The number of aromatic nitrogens is 3. The lowest BCUT2D eigenvalue weighted by atomic mass is 9.97. The second-order valence-electron chi connectivity index (χ2n) is 11.6. The van der Waals surface area contributed by atoms with Crippen LogP contribution in [0.4, 0.5) is 10.3 Å². The number of carbonyl (C=O) groups is 2. The molecule has 1 aromatic carbocycles. The average molecular weight is 575 g/mol. The van der Waals surface area contributed by atoms with Crippen molar-refractivity contribution in [1.82, 2.24) is 24.8 Å². The van der Waals surface area contributed by atoms with Crippen molar-refractivity contribution < 1.29 is 14.0 Å². The second kappa shape index (κ2) is 11.9. The zero-order valence-electron chi connectivity index (χ0n) is 23.6. The third kappa shape index (κ3) is 6.71. The number of carbonyl (C=O) groups excluding carboxylic acids is 2. The van der Waals surface area contributed by atoms with Gasteiger partial charge in [-0.3, -0.25) is 14.9 Å². The van der Waals surface area contributed by atoms with Crippen LogP contribution >= 0.6 is 11.3 Å². The van der Waals surface area contributed by atoms with Crippen molar-refractivity contribution in [3.8, 4) is 10.4 Å². The van der Waals surface area contributed by atoms with E-state index in [0.717, 1.165) is 40.9 Å². The first-order valence-electron chi connectivity index (χ1n) is 13.8. The van der Waals surface area contributed by atoms with Gasteiger partial charge < -0.3 is 14.8 Å². The summed E-state index contributed by atoms with van der Waals surface area (Å²) in [5.41, 5.74) is 3.59. The van der Waals surface area contributed by atoms with Crippen LogP contribution in [-0.4, -0.2) is 50.4 Å². The van der Waals surface area contributed by atoms with Gasteiger partial charge in [0.2, 0.25) is 17.8 Å². The summed E-state index contributed by atoms with van der Waals surface area (Å²) in [4.78, 5) is 37.4. The van der Waals surface area contributed by atoms with E-state index in [1.807, 2.05) is 21.6 Å². The number of amides is 2. The van der Waals surface area contributed by atoms with Gasteiger partial charge in [0, 0.05) is 43.3 Å². The summed E-state index contributed by atoms with van der Waals surface area (Å²) in [6.45, 7) is 13.0. The molecule has 2 amide bonds. The lowest BCUT2D eigenvalue weighted by Crippen LogP contribution is -2.37. The summed E-state index contributed by atoms with van der Waals surface area (Å²) in [5.74, 6) is -0.537. The number of fused-ring (bicyclic) bond motifs is 1. The topological polar surface area (TPSA) is 92.2 Å². The Morgan fingerprint density at radius 3 is 2.78 bits per heavy atom. The summed E-state index contributed by atoms with van der Waals surface area (Å²) < 4.78 is 15.6. The van der Waals surface area contributed by atoms with Gasteiger partial charge >= 0.3 is 0 Å². The largest absolute Gasteiger partial charge is 0.334 e. The predicted molar refractivity (Wildman–Crippen MR) is 161 cm³/mol. The van der Waals surface area contributed by atoms with Crippen LogP contribution in [0.3, 0.4) is 0 Å². The van der Waals surface area contributed by atoms with E-state index in [2.05, 4.69) is 49.0 Å². The minimum Gasteiger partial charge on any atom is -0.334 e. The van der Waals surface area contributed by atoms with Crippen LogP contribution in [0.15, 0.2) is 61.3 Å². The van der Waals surface area contributed by atoms with E-state index in [-0.39, 0.29) is 23.3 Å². The minimum absolute atomic E-state index is 0.0309. The highest BCUT2D eigenvalue weighted by molar-refractivity contribution is 7.17. The van der Waals surface area contributed by atoms with Gasteiger partial charge in [-0.05, 0) is 65.8 Å². The second-order valence-corrected chi connectivity index (χ2v) is 12.6. The number of imidazole rings is 1. The number of anilines is 1. The summed E-state index contributed by atoms with van der Waals surface area (Å²) in [7, 11) is 0. The number of hydrogen-bond acceptors (Lipinski definition) is 6. The maximum atomic E-state index is 13.6. The first-order valence-corrected chi connectivity index (χ1v) is 14.6. The first kappa shape index (κ1) is 28.6. The maximum absolute atomic E-state index is 13.6. The Morgan fingerprint density at radius 2 is 2.02 bits per heavy atom. The number of nitrogens with zero attached hydrogens (tertiary/aromatic N) is 4. The molecule has 1 atom stereocenters. The third-order valence-corrected chi connectivity index (χ3v) is 8.22. The molecule has 0 unspecified atom stereocenters. The van der Waals surface area contributed by atoms with E-state index in [9.17, 15) is 14.0 Å². The Morgan fingerprint density at radius 1 is 1.20 bits per heavy atom. The zero-order valence-corrected chi connectivity index (χ0v) is 24.4. The van der Waals surface area contributed by atoms with Crippen LogP contribution in [-0.2, 0) is 17.9 Å². The predicted octanol–water partition coefficient (Wildman–Crippen LogP) is 5.86. The molecule has 4 heterocycles. The fourth-order valence-electron chi connectivity index (χ4n) is 5.12. The Kier molecular flexibility index (Phi) is 8.32. The van der Waals surface area contributed by atoms with Gasteiger partial charge in [0.25, 0.3) is 5.91 Å². The van der Waals surface area contributed by atoms with E-state index < -0.39 is 5.95 Å². The van der Waals surface area contributed by atoms with E-state index in [0.29, 0.717) is 36.0 Å². The summed E-state index contributed by atoms with van der Waals surface area (Å²) in [5, 5.41) is 6.50. The van der Waals surface area contributed by atoms with Crippen molar-refractivity contribution in [1.29, 1.82) is 0 Å². The van der Waals surface area contributed by atoms with Crippen LogP contribution in [0, 0.1) is 11.4 Å². The molecule has 1 fully saturated rings. The Hall–Kier alpha value is -3.89. The molecule has 10 heteroatoms. The van der Waals surface area contributed by atoms with Gasteiger partial charge in [-0.25, -0.2) is 9.97 Å². The van der Waals surface area contributed by atoms with Gasteiger partial charge in [-0.1, -0.05) is 33.4 Å². The summed E-state index contributed by atoms with van der Waals surface area (Å²) in [6.07, 6.45) is 4.53. The lowest BCUT2D eigenvalue weighted by molar-refractivity contribution is -0.126. The third-order valence-electron chi connectivity index (χ3n) is 7.09. The fourth-order valence-corrected chi connectivity index (χ4v) is 6.02. The van der Waals surface area contributed by atoms with E-state index >= 15 is 0 Å². The summed E-state index contributed by atoms with van der Waals surface area (Å²) >= 11 is 1.27. The molecular formula is C31H35FN6O2S. The highest BCUT2D eigenvalue weighted by Gasteiger charge is 2.29. The number of halogens is 1. The zero-order chi connectivity index (χ0) is 29.1. The normalized spacial score (nSPS) is 15.4. The standard InChI is InChI=1S/C31H35FN6O2S/c1-5-28(39)37-14-6-7-22(37)18-38-24-9-8-20(17-33-19-31(2,3)4)15-23(24)35-30(38)36-29(40)26-11-10-25(41-26)21-12-13-34-27(32)16-21/h5,8-13,15-16,22,33H,1,6-7,14,17-19H2,2-4H3,(H,35,36,40)/t22-/m1/s1. The van der Waals surface area contributed by atoms with Crippen LogP contribution in [0.5, 0.6) is 0 Å². The van der Waals surface area contributed by atoms with Gasteiger partial charge in [0.15, 0.2) is 0 Å². The molecule has 0 spiro atoms. The molecular weight excluding hydrogens is 539 g/mol. The van der Waals surface area contributed by atoms with E-state index in [1.54, 1.807) is 18.2 Å². The fraction of sp³-hybridized carbons (Fsp3) is 0.355. The van der Waals surface area contributed by atoms with Gasteiger partial charge in [0.05, 0.1) is 22.0 Å². The smallest absolute Gasteiger partial charge is 0.268 e. The molecule has 1 aliphatic heterocycles. The molecule has 0 aliphatic carbocycles. The molecule has 214 valence electrons. The molecule has 41 heavy (non-hydrogen) atoms. The van der Waals surface area contributed by atoms with Crippen LogP contribution < -0.4 is 10.6 Å². The van der Waals surface area contributed by atoms with E-state index in [1.165, 1.54) is 29.7 Å². The van der Waals surface area contributed by atoms with Gasteiger partial charge in [-0.15, -0.1) is 11.3 Å². The highest BCUT2D eigenvalue weighted by Crippen LogP contribution is 2.30. The quantitative estimate of drug-likeness (QED) is 0.193. The minimum atomic E-state index is -0.570. The van der Waals surface area contributed by atoms with Crippen LogP contribution in [0.25, 0.3) is 21.5 Å². The number of rotatable bonds is 9. The van der Waals surface area contributed by atoms with Crippen molar-refractivity contribution in [3.05, 3.63) is 77.7 Å². The molecule has 0 radical (unpaired) electrons. The maximum Gasteiger partial charge on any atom is 0.268 e.